The van der Waals surface area contributed by atoms with Crippen LogP contribution in [-0.2, 0) is 4.79 Å². The van der Waals surface area contributed by atoms with E-state index in [2.05, 4.69) is 10.3 Å². The van der Waals surface area contributed by atoms with Crippen LogP contribution in [0.5, 0.6) is 0 Å². The molecule has 0 bridgehead atoms. The molecule has 0 atom stereocenters. The number of carbonyl (C=O) groups is 1. The Labute approximate surface area is 116 Å². The Hall–Kier alpha value is -2.26. The first-order valence-corrected chi connectivity index (χ1v) is 6.05. The quantitative estimate of drug-likeness (QED) is 0.821. The Kier molecular flexibility index (Phi) is 3.58. The number of anilines is 1. The number of hydrogen-bond donors (Lipinski definition) is 1. The molecule has 0 unspecified atom stereocenters. The highest BCUT2D eigenvalue weighted by atomic mass is 32.1. The van der Waals surface area contributed by atoms with Gasteiger partial charge in [0.2, 0.25) is 0 Å². The van der Waals surface area contributed by atoms with E-state index in [9.17, 15) is 4.79 Å². The van der Waals surface area contributed by atoms with Crippen molar-refractivity contribution in [3.05, 3.63) is 29.5 Å². The van der Waals surface area contributed by atoms with E-state index in [-0.39, 0.29) is 5.57 Å². The van der Waals surface area contributed by atoms with Gasteiger partial charge in [-0.1, -0.05) is 12.2 Å². The van der Waals surface area contributed by atoms with Crippen LogP contribution in [0.25, 0.3) is 5.57 Å². The number of amides is 1. The van der Waals surface area contributed by atoms with Crippen LogP contribution >= 0.6 is 12.2 Å². The summed E-state index contributed by atoms with van der Waals surface area (Å²) in [5, 5.41) is 11.6. The average Bonchev–Trinajstić information content (AvgIpc) is 2.38. The molecule has 2 rings (SSSR count). The minimum Gasteiger partial charge on any atom is -0.363 e. The van der Waals surface area contributed by atoms with E-state index < -0.39 is 5.91 Å². The minimum atomic E-state index is -0.439. The Morgan fingerprint density at radius 3 is 2.74 bits per heavy atom. The Morgan fingerprint density at radius 2 is 2.21 bits per heavy atom. The van der Waals surface area contributed by atoms with E-state index >= 15 is 0 Å². The second-order valence-corrected chi connectivity index (χ2v) is 4.81. The molecule has 5 nitrogen and oxygen atoms in total. The first-order valence-electron chi connectivity index (χ1n) is 5.64. The summed E-state index contributed by atoms with van der Waals surface area (Å²) >= 11 is 5.02. The molecular weight excluding hydrogens is 260 g/mol. The number of carbonyl (C=O) groups excluding carboxylic acids is 1. The number of rotatable bonds is 2. The third-order valence-electron chi connectivity index (χ3n) is 2.79. The Morgan fingerprint density at radius 1 is 1.47 bits per heavy atom. The molecule has 19 heavy (non-hydrogen) atoms. The maximum absolute atomic E-state index is 11.7. The van der Waals surface area contributed by atoms with Crippen LogP contribution in [0.3, 0.4) is 0 Å². The van der Waals surface area contributed by atoms with E-state index in [1.54, 1.807) is 6.20 Å². The van der Waals surface area contributed by atoms with Crippen molar-refractivity contribution in [1.82, 2.24) is 10.3 Å². The molecule has 1 aromatic heterocycles. The summed E-state index contributed by atoms with van der Waals surface area (Å²) in [5.74, 6) is 0.371. The normalized spacial score (nSPS) is 15.0. The SMILES string of the molecule is CN(C)c1ccc(C2=C(C#N)C(=O)NC(=S)C2)cn1. The summed E-state index contributed by atoms with van der Waals surface area (Å²) in [6.45, 7) is 0. The van der Waals surface area contributed by atoms with Crippen molar-refractivity contribution in [2.24, 2.45) is 0 Å². The van der Waals surface area contributed by atoms with Gasteiger partial charge in [0.15, 0.2) is 0 Å². The fourth-order valence-electron chi connectivity index (χ4n) is 1.81. The van der Waals surface area contributed by atoms with Gasteiger partial charge in [-0.15, -0.1) is 0 Å². The van der Waals surface area contributed by atoms with Crippen molar-refractivity contribution in [2.75, 3.05) is 19.0 Å². The fraction of sp³-hybridized carbons (Fsp3) is 0.231. The summed E-state index contributed by atoms with van der Waals surface area (Å²) in [6.07, 6.45) is 2.04. The number of hydrogen-bond acceptors (Lipinski definition) is 5. The molecule has 1 N–H and O–H groups in total. The molecule has 0 saturated heterocycles. The van der Waals surface area contributed by atoms with Crippen molar-refractivity contribution in [2.45, 2.75) is 6.42 Å². The molecule has 1 amide bonds. The molecule has 1 aromatic rings. The Bertz CT molecular complexity index is 611. The number of aromatic nitrogens is 1. The monoisotopic (exact) mass is 272 g/mol. The van der Waals surface area contributed by atoms with Crippen LogP contribution in [0.1, 0.15) is 12.0 Å². The molecule has 96 valence electrons. The van der Waals surface area contributed by atoms with Gasteiger partial charge in [0, 0.05) is 26.7 Å². The van der Waals surface area contributed by atoms with Crippen LogP contribution in [-0.4, -0.2) is 30.0 Å². The smallest absolute Gasteiger partial charge is 0.267 e. The fourth-order valence-corrected chi connectivity index (χ4v) is 2.05. The Balaban J connectivity index is 2.46. The number of nitriles is 1. The van der Waals surface area contributed by atoms with Crippen LogP contribution in [0.4, 0.5) is 5.82 Å². The molecule has 1 aliphatic heterocycles. The number of pyridine rings is 1. The van der Waals surface area contributed by atoms with Gasteiger partial charge in [0.1, 0.15) is 17.5 Å². The topological polar surface area (TPSA) is 69.0 Å². The van der Waals surface area contributed by atoms with Crippen LogP contribution < -0.4 is 10.2 Å². The van der Waals surface area contributed by atoms with Gasteiger partial charge in [-0.3, -0.25) is 4.79 Å². The second kappa shape index (κ2) is 5.16. The predicted octanol–water partition coefficient (Wildman–Crippen LogP) is 1.27. The molecule has 0 aliphatic carbocycles. The second-order valence-electron chi connectivity index (χ2n) is 4.32. The van der Waals surface area contributed by atoms with E-state index in [4.69, 9.17) is 17.5 Å². The third kappa shape index (κ3) is 2.61. The first kappa shape index (κ1) is 13.2. The lowest BCUT2D eigenvalue weighted by molar-refractivity contribution is -0.115. The lowest BCUT2D eigenvalue weighted by Gasteiger charge is -2.18. The lowest BCUT2D eigenvalue weighted by atomic mass is 9.95. The van der Waals surface area contributed by atoms with E-state index in [1.165, 1.54) is 0 Å². The van der Waals surface area contributed by atoms with Crippen molar-refractivity contribution < 1.29 is 4.79 Å². The van der Waals surface area contributed by atoms with Gasteiger partial charge in [-0.2, -0.15) is 5.26 Å². The standard InChI is InChI=1S/C13H12N4OS/c1-17(2)11-4-3-8(7-15-11)9-5-12(19)16-13(18)10(9)6-14/h3-4,7H,5H2,1-2H3,(H,16,18,19). The highest BCUT2D eigenvalue weighted by molar-refractivity contribution is 7.80. The zero-order valence-electron chi connectivity index (χ0n) is 10.6. The molecule has 0 radical (unpaired) electrons. The zero-order valence-corrected chi connectivity index (χ0v) is 11.4. The first-order chi connectivity index (χ1) is 9.02. The van der Waals surface area contributed by atoms with Gasteiger partial charge in [-0.05, 0) is 23.3 Å². The average molecular weight is 272 g/mol. The van der Waals surface area contributed by atoms with E-state index in [0.29, 0.717) is 17.0 Å². The van der Waals surface area contributed by atoms with Gasteiger partial charge in [-0.25, -0.2) is 4.98 Å². The van der Waals surface area contributed by atoms with Crippen molar-refractivity contribution in [1.29, 1.82) is 5.26 Å². The largest absolute Gasteiger partial charge is 0.363 e. The molecule has 6 heteroatoms. The number of nitrogens with zero attached hydrogens (tertiary/aromatic N) is 3. The summed E-state index contributed by atoms with van der Waals surface area (Å²) in [5.41, 5.74) is 1.49. The van der Waals surface area contributed by atoms with Crippen LogP contribution in [0.15, 0.2) is 23.9 Å². The van der Waals surface area contributed by atoms with Gasteiger partial charge in [0.25, 0.3) is 5.91 Å². The van der Waals surface area contributed by atoms with E-state index in [0.717, 1.165) is 11.4 Å². The maximum atomic E-state index is 11.7. The van der Waals surface area contributed by atoms with Crippen molar-refractivity contribution in [3.8, 4) is 6.07 Å². The highest BCUT2D eigenvalue weighted by Gasteiger charge is 2.24. The van der Waals surface area contributed by atoms with Crippen LogP contribution in [0, 0.1) is 11.3 Å². The molecular formula is C13H12N4OS. The zero-order chi connectivity index (χ0) is 14.0. The molecule has 2 heterocycles. The summed E-state index contributed by atoms with van der Waals surface area (Å²) in [4.78, 5) is 18.3. The van der Waals surface area contributed by atoms with Crippen molar-refractivity contribution >= 4 is 34.5 Å². The molecule has 0 spiro atoms. The number of thiocarbonyl (C=S) groups is 1. The van der Waals surface area contributed by atoms with Gasteiger partial charge in [0.05, 0.1) is 4.99 Å². The van der Waals surface area contributed by atoms with E-state index in [1.807, 2.05) is 37.2 Å². The summed E-state index contributed by atoms with van der Waals surface area (Å²) in [7, 11) is 3.79. The molecule has 0 fully saturated rings. The minimum absolute atomic E-state index is 0.105. The molecule has 1 aliphatic rings. The van der Waals surface area contributed by atoms with Crippen LogP contribution in [0.2, 0.25) is 0 Å². The molecule has 0 aromatic carbocycles. The number of nitrogens with one attached hydrogen (secondary N) is 1. The lowest BCUT2D eigenvalue weighted by Crippen LogP contribution is -2.34. The van der Waals surface area contributed by atoms with Gasteiger partial charge >= 0.3 is 0 Å². The molecule has 0 saturated carbocycles. The van der Waals surface area contributed by atoms with Crippen molar-refractivity contribution in [3.63, 3.8) is 0 Å². The summed E-state index contributed by atoms with van der Waals surface area (Å²) < 4.78 is 0. The predicted molar refractivity (Wildman–Crippen MR) is 76.5 cm³/mol. The third-order valence-corrected chi connectivity index (χ3v) is 3.03. The highest BCUT2D eigenvalue weighted by Crippen LogP contribution is 2.26. The summed E-state index contributed by atoms with van der Waals surface area (Å²) in [6, 6.07) is 5.61. The maximum Gasteiger partial charge on any atom is 0.267 e. The van der Waals surface area contributed by atoms with Gasteiger partial charge < -0.3 is 10.2 Å².